The first-order valence-electron chi connectivity index (χ1n) is 19.7. The number of rotatable bonds is 6. The van der Waals surface area contributed by atoms with E-state index in [0.717, 1.165) is 39.0 Å². The quantitative estimate of drug-likeness (QED) is 0.169. The van der Waals surface area contributed by atoms with Crippen LogP contribution < -0.4 is 4.90 Å². The molecule has 9 aromatic carbocycles. The molecule has 0 radical (unpaired) electrons. The second kappa shape index (κ2) is 13.0. The maximum Gasteiger partial charge on any atom is 0.137 e. The van der Waals surface area contributed by atoms with Crippen molar-refractivity contribution >= 4 is 49.8 Å². The molecular formula is C55H39NO. The Morgan fingerprint density at radius 3 is 1.75 bits per heavy atom. The fourth-order valence-electron chi connectivity index (χ4n) is 9.13. The summed E-state index contributed by atoms with van der Waals surface area (Å²) in [5, 5.41) is 4.73. The van der Waals surface area contributed by atoms with Crippen molar-refractivity contribution in [1.29, 1.82) is 0 Å². The maximum absolute atomic E-state index is 6.41. The summed E-state index contributed by atoms with van der Waals surface area (Å²) in [5.41, 5.74) is 17.5. The Kier molecular flexibility index (Phi) is 7.55. The summed E-state index contributed by atoms with van der Waals surface area (Å²) in [5.74, 6) is 0. The van der Waals surface area contributed by atoms with E-state index >= 15 is 0 Å². The van der Waals surface area contributed by atoms with Gasteiger partial charge in [0, 0.05) is 22.2 Å². The van der Waals surface area contributed by atoms with Gasteiger partial charge in [0.05, 0.1) is 11.1 Å². The van der Waals surface area contributed by atoms with Crippen LogP contribution in [0.5, 0.6) is 0 Å². The normalized spacial score (nSPS) is 12.9. The lowest BCUT2D eigenvalue weighted by molar-refractivity contribution is 0.660. The van der Waals surface area contributed by atoms with E-state index in [1.807, 2.05) is 6.07 Å². The molecule has 1 aliphatic rings. The van der Waals surface area contributed by atoms with Gasteiger partial charge < -0.3 is 9.32 Å². The summed E-state index contributed by atoms with van der Waals surface area (Å²) in [6.45, 7) is 4.69. The first kappa shape index (κ1) is 33.2. The highest BCUT2D eigenvalue weighted by Crippen LogP contribution is 2.51. The zero-order chi connectivity index (χ0) is 38.1. The minimum atomic E-state index is -0.119. The third kappa shape index (κ3) is 5.48. The standard InChI is InChI=1S/C55H39NO/c1-55(2)49-20-7-5-18-46(49)47-31-30-45(35-50(47)55)56(51-21-11-23-53-54(51)48-19-6-8-22-52(48)57-53)44-28-26-37(27-29-44)39-14-9-15-40(32-39)41-16-10-17-42(34-41)43-25-24-36-12-3-4-13-38(36)33-43/h3-35H,1-2H3. The molecule has 2 nitrogen and oxygen atoms in total. The van der Waals surface area contributed by atoms with E-state index in [1.54, 1.807) is 0 Å². The van der Waals surface area contributed by atoms with Crippen LogP contribution in [-0.4, -0.2) is 0 Å². The van der Waals surface area contributed by atoms with Gasteiger partial charge in [0.25, 0.3) is 0 Å². The predicted octanol–water partition coefficient (Wildman–Crippen LogP) is 15.5. The van der Waals surface area contributed by atoms with Crippen LogP contribution in [0.2, 0.25) is 0 Å². The molecule has 0 unspecified atom stereocenters. The van der Waals surface area contributed by atoms with Crippen molar-refractivity contribution in [3.05, 3.63) is 211 Å². The van der Waals surface area contributed by atoms with Gasteiger partial charge in [0.1, 0.15) is 11.2 Å². The molecule has 1 aromatic heterocycles. The van der Waals surface area contributed by atoms with Crippen molar-refractivity contribution in [2.24, 2.45) is 0 Å². The lowest BCUT2D eigenvalue weighted by Crippen LogP contribution is -2.16. The monoisotopic (exact) mass is 729 g/mol. The number of furan rings is 1. The molecule has 57 heavy (non-hydrogen) atoms. The van der Waals surface area contributed by atoms with Crippen LogP contribution in [0.3, 0.4) is 0 Å². The van der Waals surface area contributed by atoms with Crippen molar-refractivity contribution in [2.75, 3.05) is 4.90 Å². The Labute approximate surface area is 332 Å². The van der Waals surface area contributed by atoms with Crippen molar-refractivity contribution in [3.8, 4) is 44.5 Å². The Morgan fingerprint density at radius 1 is 0.386 bits per heavy atom. The zero-order valence-corrected chi connectivity index (χ0v) is 31.9. The smallest absolute Gasteiger partial charge is 0.137 e. The van der Waals surface area contributed by atoms with Crippen LogP contribution in [0.4, 0.5) is 17.1 Å². The summed E-state index contributed by atoms with van der Waals surface area (Å²) in [6.07, 6.45) is 0. The van der Waals surface area contributed by atoms with Crippen LogP contribution in [0, 0.1) is 0 Å². The van der Waals surface area contributed by atoms with Crippen molar-refractivity contribution in [2.45, 2.75) is 19.3 Å². The minimum Gasteiger partial charge on any atom is -0.456 e. The van der Waals surface area contributed by atoms with Crippen LogP contribution in [0.15, 0.2) is 205 Å². The second-order valence-corrected chi connectivity index (χ2v) is 15.8. The van der Waals surface area contributed by atoms with Gasteiger partial charge in [-0.15, -0.1) is 0 Å². The molecule has 0 saturated heterocycles. The molecular weight excluding hydrogens is 691 g/mol. The molecule has 1 aliphatic carbocycles. The average Bonchev–Trinajstić information content (AvgIpc) is 3.76. The Bertz CT molecular complexity index is 3170. The fourth-order valence-corrected chi connectivity index (χ4v) is 9.13. The number of benzene rings is 9. The van der Waals surface area contributed by atoms with E-state index in [-0.39, 0.29) is 5.41 Å². The van der Waals surface area contributed by atoms with Crippen molar-refractivity contribution < 1.29 is 4.42 Å². The molecule has 0 spiro atoms. The van der Waals surface area contributed by atoms with Gasteiger partial charge in [-0.1, -0.05) is 153 Å². The summed E-state index contributed by atoms with van der Waals surface area (Å²) in [6, 6.07) is 72.7. The zero-order valence-electron chi connectivity index (χ0n) is 31.9. The third-order valence-corrected chi connectivity index (χ3v) is 12.0. The number of fused-ring (bicyclic) bond motifs is 7. The Hall–Kier alpha value is -7.16. The van der Waals surface area contributed by atoms with Crippen molar-refractivity contribution in [1.82, 2.24) is 0 Å². The van der Waals surface area contributed by atoms with Crippen LogP contribution >= 0.6 is 0 Å². The second-order valence-electron chi connectivity index (χ2n) is 15.8. The largest absolute Gasteiger partial charge is 0.456 e. The van der Waals surface area contributed by atoms with Gasteiger partial charge in [-0.05, 0) is 127 Å². The molecule has 10 aromatic rings. The van der Waals surface area contributed by atoms with E-state index in [0.29, 0.717) is 0 Å². The third-order valence-electron chi connectivity index (χ3n) is 12.0. The number of hydrogen-bond acceptors (Lipinski definition) is 2. The van der Waals surface area contributed by atoms with E-state index in [2.05, 4.69) is 213 Å². The number of anilines is 3. The van der Waals surface area contributed by atoms with Crippen molar-refractivity contribution in [3.63, 3.8) is 0 Å². The maximum atomic E-state index is 6.41. The molecule has 0 aliphatic heterocycles. The molecule has 0 bridgehead atoms. The SMILES string of the molecule is CC1(C)c2ccccc2-c2ccc(N(c3ccc(-c4cccc(-c5cccc(-c6ccc7ccccc7c6)c5)c4)cc3)c3cccc4oc5ccccc5c34)cc21. The molecule has 2 heteroatoms. The summed E-state index contributed by atoms with van der Waals surface area (Å²) in [4.78, 5) is 2.40. The first-order chi connectivity index (χ1) is 28.0. The van der Waals surface area contributed by atoms with E-state index in [9.17, 15) is 0 Å². The van der Waals surface area contributed by atoms with E-state index in [4.69, 9.17) is 4.42 Å². The van der Waals surface area contributed by atoms with Crippen LogP contribution in [0.25, 0.3) is 77.2 Å². The van der Waals surface area contributed by atoms with Gasteiger partial charge in [0.2, 0.25) is 0 Å². The van der Waals surface area contributed by atoms with Gasteiger partial charge >= 0.3 is 0 Å². The summed E-state index contributed by atoms with van der Waals surface area (Å²) >= 11 is 0. The number of para-hydroxylation sites is 1. The molecule has 1 heterocycles. The lowest BCUT2D eigenvalue weighted by Gasteiger charge is -2.28. The Balaban J connectivity index is 0.995. The number of nitrogens with zero attached hydrogens (tertiary/aromatic N) is 1. The summed E-state index contributed by atoms with van der Waals surface area (Å²) < 4.78 is 6.41. The molecule has 0 fully saturated rings. The topological polar surface area (TPSA) is 16.4 Å². The highest BCUT2D eigenvalue weighted by molar-refractivity contribution is 6.13. The molecule has 11 rings (SSSR count). The molecule has 0 saturated carbocycles. The molecule has 0 atom stereocenters. The van der Waals surface area contributed by atoms with Gasteiger partial charge in [-0.3, -0.25) is 0 Å². The molecule has 0 amide bonds. The van der Waals surface area contributed by atoms with Crippen LogP contribution in [0.1, 0.15) is 25.0 Å². The Morgan fingerprint density at radius 2 is 0.965 bits per heavy atom. The molecule has 0 N–H and O–H groups in total. The molecule has 270 valence electrons. The highest BCUT2D eigenvalue weighted by atomic mass is 16.3. The first-order valence-corrected chi connectivity index (χ1v) is 19.7. The van der Waals surface area contributed by atoms with Crippen LogP contribution in [-0.2, 0) is 5.41 Å². The van der Waals surface area contributed by atoms with E-state index in [1.165, 1.54) is 66.4 Å². The van der Waals surface area contributed by atoms with Gasteiger partial charge in [-0.25, -0.2) is 0 Å². The highest BCUT2D eigenvalue weighted by Gasteiger charge is 2.36. The van der Waals surface area contributed by atoms with Gasteiger partial charge in [0.15, 0.2) is 0 Å². The van der Waals surface area contributed by atoms with Gasteiger partial charge in [-0.2, -0.15) is 0 Å². The van der Waals surface area contributed by atoms with E-state index < -0.39 is 0 Å². The minimum absolute atomic E-state index is 0.119. The lowest BCUT2D eigenvalue weighted by atomic mass is 9.82. The summed E-state index contributed by atoms with van der Waals surface area (Å²) in [7, 11) is 0. The number of hydrogen-bond donors (Lipinski definition) is 0. The average molecular weight is 730 g/mol. The predicted molar refractivity (Wildman–Crippen MR) is 240 cm³/mol. The fraction of sp³-hybridized carbons (Fsp3) is 0.0545.